The van der Waals surface area contributed by atoms with Gasteiger partial charge in [-0.2, -0.15) is 11.3 Å². The van der Waals surface area contributed by atoms with Crippen molar-refractivity contribution in [3.05, 3.63) is 52.2 Å². The molecule has 0 radical (unpaired) electrons. The van der Waals surface area contributed by atoms with E-state index in [0.717, 1.165) is 25.4 Å². The zero-order chi connectivity index (χ0) is 13.3. The molecule has 1 heterocycles. The smallest absolute Gasteiger partial charge is 0.0587 e. The lowest BCUT2D eigenvalue weighted by atomic mass is 10.2. The minimum Gasteiger partial charge on any atom is -0.383 e. The van der Waals surface area contributed by atoms with Gasteiger partial charge in [-0.25, -0.2) is 0 Å². The van der Waals surface area contributed by atoms with Gasteiger partial charge in [-0.1, -0.05) is 12.1 Å². The number of rotatable bonds is 8. The Kier molecular flexibility index (Phi) is 6.44. The zero-order valence-corrected chi connectivity index (χ0v) is 12.7. The first-order chi connectivity index (χ1) is 9.38. The van der Waals surface area contributed by atoms with Crippen molar-refractivity contribution in [2.24, 2.45) is 0 Å². The fourth-order valence-corrected chi connectivity index (χ4v) is 3.27. The quantitative estimate of drug-likeness (QED) is 0.591. The Morgan fingerprint density at radius 1 is 1.16 bits per heavy atom. The van der Waals surface area contributed by atoms with Crippen molar-refractivity contribution < 1.29 is 4.74 Å². The number of thioether (sulfide) groups is 1. The summed E-state index contributed by atoms with van der Waals surface area (Å²) in [5.41, 5.74) is 2.72. The molecule has 0 amide bonds. The molecule has 19 heavy (non-hydrogen) atoms. The lowest BCUT2D eigenvalue weighted by molar-refractivity contribution is 0.199. The molecule has 0 aliphatic carbocycles. The highest BCUT2D eigenvalue weighted by Gasteiger charge is 1.98. The largest absolute Gasteiger partial charge is 0.383 e. The van der Waals surface area contributed by atoms with E-state index < -0.39 is 0 Å². The maximum absolute atomic E-state index is 5.00. The summed E-state index contributed by atoms with van der Waals surface area (Å²) in [6.45, 7) is 2.55. The molecule has 0 bridgehead atoms. The van der Waals surface area contributed by atoms with Gasteiger partial charge in [-0.15, -0.1) is 11.8 Å². The second-order valence-electron chi connectivity index (χ2n) is 4.23. The van der Waals surface area contributed by atoms with Crippen LogP contribution in [-0.4, -0.2) is 20.3 Å². The van der Waals surface area contributed by atoms with Crippen LogP contribution < -0.4 is 5.32 Å². The monoisotopic (exact) mass is 293 g/mol. The summed E-state index contributed by atoms with van der Waals surface area (Å²) in [7, 11) is 1.72. The first-order valence-electron chi connectivity index (χ1n) is 6.31. The molecule has 0 spiro atoms. The molecule has 2 nitrogen and oxygen atoms in total. The molecular formula is C15H19NOS2. The Hall–Kier alpha value is -0.810. The molecule has 0 fully saturated rings. The number of benzene rings is 1. The lowest BCUT2D eigenvalue weighted by Gasteiger charge is -2.05. The first-order valence-corrected chi connectivity index (χ1v) is 8.24. The summed E-state index contributed by atoms with van der Waals surface area (Å²) in [6.07, 6.45) is 0. The van der Waals surface area contributed by atoms with Gasteiger partial charge in [0.1, 0.15) is 0 Å². The second-order valence-corrected chi connectivity index (χ2v) is 6.06. The van der Waals surface area contributed by atoms with Gasteiger partial charge in [0.15, 0.2) is 0 Å². The van der Waals surface area contributed by atoms with Gasteiger partial charge in [0.05, 0.1) is 6.61 Å². The van der Waals surface area contributed by atoms with Crippen LogP contribution in [0.1, 0.15) is 11.1 Å². The maximum atomic E-state index is 5.00. The highest BCUT2D eigenvalue weighted by atomic mass is 32.2. The Balaban J connectivity index is 1.74. The molecule has 1 N–H and O–H groups in total. The third-order valence-electron chi connectivity index (χ3n) is 2.72. The standard InChI is InChI=1S/C15H19NOS2/c1-17-8-7-16-10-13-2-4-15(5-3-13)19-12-14-6-9-18-11-14/h2-6,9,11,16H,7-8,10,12H2,1H3. The van der Waals surface area contributed by atoms with E-state index in [9.17, 15) is 0 Å². The van der Waals surface area contributed by atoms with Crippen molar-refractivity contribution in [3.63, 3.8) is 0 Å². The molecule has 1 aromatic heterocycles. The van der Waals surface area contributed by atoms with E-state index in [1.54, 1.807) is 18.4 Å². The Morgan fingerprint density at radius 2 is 2.00 bits per heavy atom. The van der Waals surface area contributed by atoms with Crippen LogP contribution in [0.4, 0.5) is 0 Å². The topological polar surface area (TPSA) is 21.3 Å². The average Bonchev–Trinajstić information content (AvgIpc) is 2.96. The van der Waals surface area contributed by atoms with Crippen molar-refractivity contribution in [2.75, 3.05) is 20.3 Å². The summed E-state index contributed by atoms with van der Waals surface area (Å²) in [5.74, 6) is 1.05. The third kappa shape index (κ3) is 5.37. The van der Waals surface area contributed by atoms with Crippen molar-refractivity contribution in [2.45, 2.75) is 17.2 Å². The fourth-order valence-electron chi connectivity index (χ4n) is 1.65. The number of methoxy groups -OCH3 is 1. The van der Waals surface area contributed by atoms with Gasteiger partial charge in [0.25, 0.3) is 0 Å². The van der Waals surface area contributed by atoms with E-state index in [-0.39, 0.29) is 0 Å². The van der Waals surface area contributed by atoms with E-state index >= 15 is 0 Å². The minimum atomic E-state index is 0.759. The number of ether oxygens (including phenoxy) is 1. The molecule has 0 atom stereocenters. The van der Waals surface area contributed by atoms with Gasteiger partial charge < -0.3 is 10.1 Å². The zero-order valence-electron chi connectivity index (χ0n) is 11.1. The van der Waals surface area contributed by atoms with E-state index in [1.165, 1.54) is 16.0 Å². The SMILES string of the molecule is COCCNCc1ccc(SCc2ccsc2)cc1. The van der Waals surface area contributed by atoms with Gasteiger partial charge in [-0.3, -0.25) is 0 Å². The van der Waals surface area contributed by atoms with Crippen molar-refractivity contribution in [1.82, 2.24) is 5.32 Å². The molecule has 0 saturated carbocycles. The third-order valence-corrected chi connectivity index (χ3v) is 4.54. The van der Waals surface area contributed by atoms with Crippen LogP contribution in [0.15, 0.2) is 46.0 Å². The Bertz CT molecular complexity index is 454. The number of hydrogen-bond donors (Lipinski definition) is 1. The van der Waals surface area contributed by atoms with Gasteiger partial charge in [0, 0.05) is 30.8 Å². The predicted octanol–water partition coefficient (Wildman–Crippen LogP) is 3.78. The van der Waals surface area contributed by atoms with Crippen LogP contribution in [0.2, 0.25) is 0 Å². The highest BCUT2D eigenvalue weighted by Crippen LogP contribution is 2.24. The van der Waals surface area contributed by atoms with E-state index in [0.29, 0.717) is 0 Å². The summed E-state index contributed by atoms with van der Waals surface area (Å²) < 4.78 is 5.00. The molecular weight excluding hydrogens is 274 g/mol. The molecule has 1 aromatic carbocycles. The molecule has 0 aliphatic rings. The first kappa shape index (κ1) is 14.6. The van der Waals surface area contributed by atoms with Crippen LogP contribution in [-0.2, 0) is 17.0 Å². The highest BCUT2D eigenvalue weighted by molar-refractivity contribution is 7.98. The number of nitrogens with one attached hydrogen (secondary N) is 1. The fraction of sp³-hybridized carbons (Fsp3) is 0.333. The van der Waals surface area contributed by atoms with Gasteiger partial charge in [-0.05, 0) is 40.1 Å². The minimum absolute atomic E-state index is 0.759. The summed E-state index contributed by atoms with van der Waals surface area (Å²) >= 11 is 3.64. The molecule has 2 rings (SSSR count). The molecule has 0 unspecified atom stereocenters. The van der Waals surface area contributed by atoms with Crippen LogP contribution in [0.25, 0.3) is 0 Å². The average molecular weight is 293 g/mol. The van der Waals surface area contributed by atoms with Crippen LogP contribution in [0.5, 0.6) is 0 Å². The Morgan fingerprint density at radius 3 is 2.68 bits per heavy atom. The van der Waals surface area contributed by atoms with Crippen LogP contribution in [0.3, 0.4) is 0 Å². The molecule has 0 aliphatic heterocycles. The molecule has 2 aromatic rings. The normalized spacial score (nSPS) is 10.8. The van der Waals surface area contributed by atoms with E-state index in [1.807, 2.05) is 11.8 Å². The van der Waals surface area contributed by atoms with Gasteiger partial charge in [0.2, 0.25) is 0 Å². The van der Waals surface area contributed by atoms with Crippen molar-refractivity contribution in [1.29, 1.82) is 0 Å². The van der Waals surface area contributed by atoms with E-state index in [4.69, 9.17) is 4.74 Å². The summed E-state index contributed by atoms with van der Waals surface area (Å²) in [5, 5.41) is 7.69. The molecule has 0 saturated heterocycles. The van der Waals surface area contributed by atoms with Gasteiger partial charge >= 0.3 is 0 Å². The second kappa shape index (κ2) is 8.38. The summed E-state index contributed by atoms with van der Waals surface area (Å²) in [4.78, 5) is 1.33. The number of thiophene rings is 1. The van der Waals surface area contributed by atoms with Crippen molar-refractivity contribution in [3.8, 4) is 0 Å². The summed E-state index contributed by atoms with van der Waals surface area (Å²) in [6, 6.07) is 11.0. The van der Waals surface area contributed by atoms with E-state index in [2.05, 4.69) is 46.4 Å². The maximum Gasteiger partial charge on any atom is 0.0587 e. The van der Waals surface area contributed by atoms with Crippen LogP contribution >= 0.6 is 23.1 Å². The lowest BCUT2D eigenvalue weighted by Crippen LogP contribution is -2.18. The predicted molar refractivity (Wildman–Crippen MR) is 83.9 cm³/mol. The van der Waals surface area contributed by atoms with Crippen molar-refractivity contribution >= 4 is 23.1 Å². The van der Waals surface area contributed by atoms with Crippen LogP contribution in [0, 0.1) is 0 Å². The molecule has 4 heteroatoms. The Labute approximate surface area is 123 Å². The molecule has 102 valence electrons. The number of hydrogen-bond acceptors (Lipinski definition) is 4.